The first-order valence-corrected chi connectivity index (χ1v) is 28.6. The molecule has 64 heavy (non-hydrogen) atoms. The van der Waals surface area contributed by atoms with E-state index in [4.69, 9.17) is 4.74 Å². The van der Waals surface area contributed by atoms with E-state index in [1.54, 1.807) is 6.08 Å². The first-order chi connectivity index (χ1) is 31.5. The molecule has 6 nitrogen and oxygen atoms in total. The highest BCUT2D eigenvalue weighted by molar-refractivity contribution is 5.76. The molecule has 0 saturated carbocycles. The minimum atomic E-state index is -0.860. The summed E-state index contributed by atoms with van der Waals surface area (Å²) in [6.07, 6.45) is 64.8. The van der Waals surface area contributed by atoms with Gasteiger partial charge in [0.15, 0.2) is 0 Å². The normalized spacial score (nSPS) is 12.8. The second-order valence-electron chi connectivity index (χ2n) is 19.6. The maximum absolute atomic E-state index is 12.5. The zero-order chi connectivity index (χ0) is 46.5. The van der Waals surface area contributed by atoms with Gasteiger partial charge in [-0.15, -0.1) is 0 Å². The highest BCUT2D eigenvalue weighted by Gasteiger charge is 2.18. The third-order valence-electron chi connectivity index (χ3n) is 13.2. The number of carbonyl (C=O) groups is 2. The molecule has 0 rings (SSSR count). The van der Waals surface area contributed by atoms with Gasteiger partial charge >= 0.3 is 5.97 Å². The van der Waals surface area contributed by atoms with Gasteiger partial charge in [-0.25, -0.2) is 0 Å². The number of hydrogen-bond donors (Lipinski definition) is 3. The Balaban J connectivity index is 3.50. The summed E-state index contributed by atoms with van der Waals surface area (Å²) in [5, 5.41) is 23.2. The van der Waals surface area contributed by atoms with Crippen molar-refractivity contribution in [1.29, 1.82) is 0 Å². The quantitative estimate of drug-likeness (QED) is 0.0321. The Labute approximate surface area is 399 Å². The third-order valence-corrected chi connectivity index (χ3v) is 13.2. The van der Waals surface area contributed by atoms with Crippen LogP contribution in [0, 0.1) is 0 Å². The number of hydrogen-bond acceptors (Lipinski definition) is 5. The Hall–Kier alpha value is -1.66. The lowest BCUT2D eigenvalue weighted by molar-refractivity contribution is -0.143. The van der Waals surface area contributed by atoms with Crippen molar-refractivity contribution >= 4 is 11.9 Å². The van der Waals surface area contributed by atoms with Crippen molar-refractivity contribution in [3.63, 3.8) is 0 Å². The van der Waals surface area contributed by atoms with Crippen LogP contribution in [0.4, 0.5) is 0 Å². The maximum Gasteiger partial charge on any atom is 0.305 e. The number of unbranched alkanes of at least 4 members (excludes halogenated alkanes) is 40. The van der Waals surface area contributed by atoms with Crippen molar-refractivity contribution in [3.8, 4) is 0 Å². The van der Waals surface area contributed by atoms with Gasteiger partial charge in [0.05, 0.1) is 25.4 Å². The van der Waals surface area contributed by atoms with E-state index in [-0.39, 0.29) is 18.5 Å². The molecule has 0 aliphatic carbocycles. The molecule has 0 heterocycles. The predicted octanol–water partition coefficient (Wildman–Crippen LogP) is 17.5. The molecule has 0 aromatic carbocycles. The maximum atomic E-state index is 12.5. The molecule has 0 aromatic rings. The number of esters is 1. The van der Waals surface area contributed by atoms with Crippen molar-refractivity contribution < 1.29 is 24.5 Å². The number of allylic oxidation sites excluding steroid dienone is 3. The van der Waals surface area contributed by atoms with E-state index in [0.717, 1.165) is 57.8 Å². The van der Waals surface area contributed by atoms with Crippen LogP contribution in [0.2, 0.25) is 0 Å². The molecular weight excluding hydrogens is 791 g/mol. The van der Waals surface area contributed by atoms with Crippen LogP contribution in [0.25, 0.3) is 0 Å². The summed E-state index contributed by atoms with van der Waals surface area (Å²) in [6, 6.07) is -0.646. The van der Waals surface area contributed by atoms with E-state index < -0.39 is 12.1 Å². The smallest absolute Gasteiger partial charge is 0.305 e. The number of amides is 1. The van der Waals surface area contributed by atoms with E-state index in [0.29, 0.717) is 19.4 Å². The van der Waals surface area contributed by atoms with Crippen LogP contribution in [0.15, 0.2) is 24.3 Å². The molecule has 0 saturated heterocycles. The van der Waals surface area contributed by atoms with Gasteiger partial charge in [0.25, 0.3) is 0 Å². The van der Waals surface area contributed by atoms with Crippen molar-refractivity contribution in [2.24, 2.45) is 0 Å². The van der Waals surface area contributed by atoms with Crippen LogP contribution in [-0.2, 0) is 14.3 Å². The van der Waals surface area contributed by atoms with Gasteiger partial charge < -0.3 is 20.3 Å². The van der Waals surface area contributed by atoms with Gasteiger partial charge in [-0.1, -0.05) is 263 Å². The van der Waals surface area contributed by atoms with E-state index in [1.165, 1.54) is 225 Å². The van der Waals surface area contributed by atoms with Crippen molar-refractivity contribution in [3.05, 3.63) is 24.3 Å². The summed E-state index contributed by atoms with van der Waals surface area (Å²) in [6.45, 7) is 4.84. The van der Waals surface area contributed by atoms with Crippen molar-refractivity contribution in [2.75, 3.05) is 13.2 Å². The van der Waals surface area contributed by atoms with Crippen LogP contribution in [0.5, 0.6) is 0 Å². The fourth-order valence-corrected chi connectivity index (χ4v) is 8.81. The predicted molar refractivity (Wildman–Crippen MR) is 278 cm³/mol. The molecule has 6 heteroatoms. The summed E-state index contributed by atoms with van der Waals surface area (Å²) in [5.74, 6) is -0.119. The summed E-state index contributed by atoms with van der Waals surface area (Å²) in [4.78, 5) is 24.5. The average molecular weight is 903 g/mol. The van der Waals surface area contributed by atoms with Crippen molar-refractivity contribution in [2.45, 2.75) is 321 Å². The molecular formula is C58H111NO5. The summed E-state index contributed by atoms with van der Waals surface area (Å²) in [5.41, 5.74) is 0. The minimum Gasteiger partial charge on any atom is -0.466 e. The third kappa shape index (κ3) is 49.8. The largest absolute Gasteiger partial charge is 0.466 e. The number of rotatable bonds is 53. The van der Waals surface area contributed by atoms with Gasteiger partial charge in [-0.3, -0.25) is 9.59 Å². The molecule has 0 fully saturated rings. The lowest BCUT2D eigenvalue weighted by Gasteiger charge is -2.20. The number of aliphatic hydroxyl groups excluding tert-OH is 2. The monoisotopic (exact) mass is 902 g/mol. The second-order valence-corrected chi connectivity index (χ2v) is 19.6. The fraction of sp³-hybridized carbons (Fsp3) is 0.897. The van der Waals surface area contributed by atoms with Gasteiger partial charge in [-0.05, 0) is 57.8 Å². The van der Waals surface area contributed by atoms with Gasteiger partial charge in [0.2, 0.25) is 5.91 Å². The number of ether oxygens (including phenoxy) is 1. The molecule has 2 unspecified atom stereocenters. The molecule has 0 aliphatic heterocycles. The highest BCUT2D eigenvalue weighted by Crippen LogP contribution is 2.17. The molecule has 2 atom stereocenters. The van der Waals surface area contributed by atoms with Gasteiger partial charge in [0, 0.05) is 12.8 Å². The molecule has 0 bridgehead atoms. The lowest BCUT2D eigenvalue weighted by atomic mass is 10.0. The van der Waals surface area contributed by atoms with Crippen LogP contribution in [0.3, 0.4) is 0 Å². The van der Waals surface area contributed by atoms with E-state index in [2.05, 4.69) is 31.3 Å². The molecule has 378 valence electrons. The molecule has 1 amide bonds. The number of carbonyl (C=O) groups excluding carboxylic acids is 2. The average Bonchev–Trinajstić information content (AvgIpc) is 3.29. The standard InChI is InChI=1S/C58H111NO5/c1-3-5-7-9-11-13-15-17-18-19-20-21-22-23-24-25-26-27-28-29-30-34-38-42-46-50-56(61)55(54-60)59-57(62)51-47-43-39-35-32-33-37-41-45-49-53-64-58(63)52-48-44-40-36-31-16-14-12-10-8-6-4-2/h12,14,46,50,55-56,60-61H,3-11,13,15-45,47-49,51-54H2,1-2H3,(H,59,62)/b14-12-,50-46+. The Bertz CT molecular complexity index is 997. The molecule has 0 radical (unpaired) electrons. The number of aliphatic hydroxyl groups is 2. The van der Waals surface area contributed by atoms with Crippen LogP contribution < -0.4 is 5.32 Å². The van der Waals surface area contributed by atoms with Crippen LogP contribution in [-0.4, -0.2) is 47.4 Å². The SMILES string of the molecule is CCCCC/C=C\CCCCCCCC(=O)OCCCCCCCCCCCCC(=O)NC(CO)C(O)/C=C/CCCCCCCCCCCCCCCCCCCCCCCCC. The van der Waals surface area contributed by atoms with Crippen LogP contribution in [0.1, 0.15) is 309 Å². The van der Waals surface area contributed by atoms with E-state index in [9.17, 15) is 19.8 Å². The topological polar surface area (TPSA) is 95.9 Å². The number of nitrogens with one attached hydrogen (secondary N) is 1. The lowest BCUT2D eigenvalue weighted by Crippen LogP contribution is -2.45. The molecule has 0 spiro atoms. The van der Waals surface area contributed by atoms with Crippen molar-refractivity contribution in [1.82, 2.24) is 5.32 Å². The molecule has 0 aliphatic rings. The van der Waals surface area contributed by atoms with E-state index in [1.807, 2.05) is 6.08 Å². The molecule has 0 aromatic heterocycles. The molecule has 3 N–H and O–H groups in total. The summed E-state index contributed by atoms with van der Waals surface area (Å²) >= 11 is 0. The Morgan fingerprint density at radius 2 is 0.734 bits per heavy atom. The first-order valence-electron chi connectivity index (χ1n) is 28.6. The zero-order valence-electron chi connectivity index (χ0n) is 43.0. The summed E-state index contributed by atoms with van der Waals surface area (Å²) in [7, 11) is 0. The van der Waals surface area contributed by atoms with Gasteiger partial charge in [-0.2, -0.15) is 0 Å². The Kier molecular flexibility index (Phi) is 52.6. The van der Waals surface area contributed by atoms with E-state index >= 15 is 0 Å². The second kappa shape index (κ2) is 54.0. The van der Waals surface area contributed by atoms with Gasteiger partial charge in [0.1, 0.15) is 0 Å². The zero-order valence-corrected chi connectivity index (χ0v) is 43.0. The minimum absolute atomic E-state index is 0.0303. The fourth-order valence-electron chi connectivity index (χ4n) is 8.81. The first kappa shape index (κ1) is 62.3. The Morgan fingerprint density at radius 3 is 1.14 bits per heavy atom. The Morgan fingerprint density at radius 1 is 0.422 bits per heavy atom. The highest BCUT2D eigenvalue weighted by atomic mass is 16.5. The van der Waals surface area contributed by atoms with Crippen LogP contribution >= 0.6 is 0 Å². The summed E-state index contributed by atoms with van der Waals surface area (Å²) < 4.78 is 5.44.